The quantitative estimate of drug-likeness (QED) is 0.0515. The number of ether oxygens (including phenoxy) is 4. The van der Waals surface area contributed by atoms with Crippen LogP contribution in [-0.2, 0) is 22.6 Å². The third-order valence-corrected chi connectivity index (χ3v) is 8.53. The third kappa shape index (κ3) is 10.8. The molecule has 0 aliphatic rings. The van der Waals surface area contributed by atoms with Gasteiger partial charge in [0.25, 0.3) is 0 Å². The minimum Gasteiger partial charge on any atom is -0.482 e. The third-order valence-electron chi connectivity index (χ3n) is 8.53. The normalized spacial score (nSPS) is 12.0. The second kappa shape index (κ2) is 18.9. The smallest absolute Gasteiger partial charge is 0.411 e. The lowest BCUT2D eigenvalue weighted by Crippen LogP contribution is -2.48. The van der Waals surface area contributed by atoms with Crippen molar-refractivity contribution in [3.05, 3.63) is 160 Å². The second-order valence-electron chi connectivity index (χ2n) is 12.4. The largest absolute Gasteiger partial charge is 0.482 e. The highest BCUT2D eigenvalue weighted by Gasteiger charge is 2.30. The van der Waals surface area contributed by atoms with Crippen molar-refractivity contribution in [3.63, 3.8) is 0 Å². The van der Waals surface area contributed by atoms with E-state index in [-0.39, 0.29) is 29.7 Å². The van der Waals surface area contributed by atoms with Crippen molar-refractivity contribution in [1.82, 2.24) is 4.90 Å². The van der Waals surface area contributed by atoms with Gasteiger partial charge in [0.15, 0.2) is 12.0 Å². The first-order valence-corrected chi connectivity index (χ1v) is 17.1. The Bertz CT molecular complexity index is 1920. The summed E-state index contributed by atoms with van der Waals surface area (Å²) in [6.45, 7) is 2.39. The molecule has 0 heterocycles. The van der Waals surface area contributed by atoms with Gasteiger partial charge in [-0.15, -0.1) is 0 Å². The average Bonchev–Trinajstić information content (AvgIpc) is 3.19. The number of nitro benzene ring substituents is 1. The first-order valence-electron chi connectivity index (χ1n) is 17.1. The van der Waals surface area contributed by atoms with Gasteiger partial charge in [-0.3, -0.25) is 25.6 Å². The predicted octanol–water partition coefficient (Wildman–Crippen LogP) is 7.95. The molecule has 0 saturated carbocycles. The number of carbonyl (C=O) groups excluding carboxylic acids is 2. The van der Waals surface area contributed by atoms with Gasteiger partial charge < -0.3 is 24.1 Å². The van der Waals surface area contributed by atoms with E-state index in [4.69, 9.17) is 18.9 Å². The van der Waals surface area contributed by atoms with Crippen molar-refractivity contribution < 1.29 is 38.6 Å². The fraction of sp³-hybridized carbons (Fsp3) is 0.220. The molecule has 13 nitrogen and oxygen atoms in total. The summed E-state index contributed by atoms with van der Waals surface area (Å²) in [5.41, 5.74) is 4.33. The molecular formula is C41H42N4O9. The van der Waals surface area contributed by atoms with Gasteiger partial charge in [0.1, 0.15) is 18.5 Å². The molecule has 5 aromatic carbocycles. The fourth-order valence-corrected chi connectivity index (χ4v) is 5.84. The predicted molar refractivity (Wildman–Crippen MR) is 204 cm³/mol. The van der Waals surface area contributed by atoms with E-state index in [1.54, 1.807) is 37.3 Å². The molecule has 5 rings (SSSR count). The first kappa shape index (κ1) is 38.8. The van der Waals surface area contributed by atoms with Crippen molar-refractivity contribution >= 4 is 29.2 Å². The van der Waals surface area contributed by atoms with Gasteiger partial charge in [-0.2, -0.15) is 0 Å². The van der Waals surface area contributed by atoms with Crippen LogP contribution in [0.3, 0.4) is 0 Å². The number of nitro groups is 1. The van der Waals surface area contributed by atoms with E-state index in [0.29, 0.717) is 24.5 Å². The summed E-state index contributed by atoms with van der Waals surface area (Å²) in [5.74, 6) is -0.0759. The molecule has 2 atom stereocenters. The number of methoxy groups -OCH3 is 2. The molecule has 0 spiro atoms. The molecule has 0 radical (unpaired) electrons. The van der Waals surface area contributed by atoms with E-state index in [9.17, 15) is 24.8 Å². The second-order valence-corrected chi connectivity index (χ2v) is 12.4. The maximum absolute atomic E-state index is 12.2. The van der Waals surface area contributed by atoms with Crippen molar-refractivity contribution in [2.45, 2.75) is 38.3 Å². The maximum atomic E-state index is 12.2. The Hall–Kier alpha value is -6.44. The minimum atomic E-state index is -1.05. The molecule has 0 aliphatic carbocycles. The molecule has 280 valence electrons. The van der Waals surface area contributed by atoms with Crippen molar-refractivity contribution in [1.29, 1.82) is 0 Å². The van der Waals surface area contributed by atoms with Gasteiger partial charge in [0, 0.05) is 30.4 Å². The number of nitrogens with one attached hydrogen (secondary N) is 2. The Morgan fingerprint density at radius 3 is 1.76 bits per heavy atom. The van der Waals surface area contributed by atoms with Crippen LogP contribution in [0.4, 0.5) is 26.7 Å². The van der Waals surface area contributed by atoms with Gasteiger partial charge in [0.05, 0.1) is 25.2 Å². The van der Waals surface area contributed by atoms with Crippen LogP contribution < -0.4 is 20.1 Å². The molecule has 3 N–H and O–H groups in total. The summed E-state index contributed by atoms with van der Waals surface area (Å²) >= 11 is 0. The highest BCUT2D eigenvalue weighted by atomic mass is 16.6. The number of aliphatic hydroxyl groups is 1. The standard InChI is InChI=1S/C41H42N4O9/c1-28(46)39(54-35-22-23-38(37(24-35)45(49)50)53-27-30-12-8-5-9-13-30)44(25-29-10-6-4-7-11-29)26-36(31-14-18-33(19-15-31)42-40(47)51-2)32-16-20-34(21-17-32)43-41(48)52-3/h4-24,28,36,39,46H,25-27H2,1-3H3,(H,42,47)(H,43,48). The monoisotopic (exact) mass is 734 g/mol. The molecule has 2 unspecified atom stereocenters. The van der Waals surface area contributed by atoms with Gasteiger partial charge in [-0.25, -0.2) is 9.59 Å². The minimum absolute atomic E-state index is 0.0845. The van der Waals surface area contributed by atoms with Crippen LogP contribution in [0.2, 0.25) is 0 Å². The highest BCUT2D eigenvalue weighted by Crippen LogP contribution is 2.34. The number of anilines is 2. The Kier molecular flexibility index (Phi) is 13.6. The lowest BCUT2D eigenvalue weighted by molar-refractivity contribution is -0.386. The van der Waals surface area contributed by atoms with E-state index < -0.39 is 29.4 Å². The van der Waals surface area contributed by atoms with Crippen molar-refractivity contribution in [3.8, 4) is 11.5 Å². The van der Waals surface area contributed by atoms with Crippen molar-refractivity contribution in [2.75, 3.05) is 31.4 Å². The van der Waals surface area contributed by atoms with Crippen LogP contribution in [0.25, 0.3) is 0 Å². The SMILES string of the molecule is COC(=O)Nc1ccc(C(CN(Cc2ccccc2)C(Oc2ccc(OCc3ccccc3)c([N+](=O)[O-])c2)C(C)O)c2ccc(NC(=O)OC)cc2)cc1. The molecule has 0 aliphatic heterocycles. The molecule has 5 aromatic rings. The summed E-state index contributed by atoms with van der Waals surface area (Å²) in [4.78, 5) is 37.4. The summed E-state index contributed by atoms with van der Waals surface area (Å²) in [6, 6.07) is 38.0. The number of carbonyl (C=O) groups is 2. The summed E-state index contributed by atoms with van der Waals surface area (Å²) < 4.78 is 21.7. The van der Waals surface area contributed by atoms with Crippen LogP contribution in [0.15, 0.2) is 127 Å². The fourth-order valence-electron chi connectivity index (χ4n) is 5.84. The molecule has 2 amide bonds. The van der Waals surface area contributed by atoms with E-state index in [1.807, 2.05) is 89.8 Å². The molecule has 0 aromatic heterocycles. The van der Waals surface area contributed by atoms with Gasteiger partial charge in [0.2, 0.25) is 0 Å². The van der Waals surface area contributed by atoms with Crippen LogP contribution in [0.5, 0.6) is 11.5 Å². The van der Waals surface area contributed by atoms with Gasteiger partial charge in [-0.1, -0.05) is 84.9 Å². The lowest BCUT2D eigenvalue weighted by atomic mass is 9.90. The first-order chi connectivity index (χ1) is 26.1. The summed E-state index contributed by atoms with van der Waals surface area (Å²) in [5, 5.41) is 28.8. The van der Waals surface area contributed by atoms with Crippen molar-refractivity contribution in [2.24, 2.45) is 0 Å². The Morgan fingerprint density at radius 1 is 0.759 bits per heavy atom. The average molecular weight is 735 g/mol. The molecule has 0 saturated heterocycles. The van der Waals surface area contributed by atoms with Crippen LogP contribution in [0.1, 0.15) is 35.1 Å². The Labute approximate surface area is 313 Å². The van der Waals surface area contributed by atoms with E-state index in [0.717, 1.165) is 22.3 Å². The van der Waals surface area contributed by atoms with E-state index in [1.165, 1.54) is 26.4 Å². The van der Waals surface area contributed by atoms with Crippen LogP contribution in [0, 0.1) is 10.1 Å². The van der Waals surface area contributed by atoms with Crippen LogP contribution in [-0.4, -0.2) is 60.2 Å². The highest BCUT2D eigenvalue weighted by molar-refractivity contribution is 5.85. The topological polar surface area (TPSA) is 162 Å². The zero-order valence-electron chi connectivity index (χ0n) is 30.1. The summed E-state index contributed by atoms with van der Waals surface area (Å²) in [7, 11) is 2.57. The number of amides is 2. The summed E-state index contributed by atoms with van der Waals surface area (Å²) in [6.07, 6.45) is -3.23. The number of hydrogen-bond donors (Lipinski definition) is 3. The number of benzene rings is 5. The Morgan fingerprint density at radius 2 is 1.28 bits per heavy atom. The van der Waals surface area contributed by atoms with Gasteiger partial charge >= 0.3 is 17.9 Å². The van der Waals surface area contributed by atoms with E-state index >= 15 is 0 Å². The van der Waals surface area contributed by atoms with Gasteiger partial charge in [-0.05, 0) is 65.6 Å². The molecule has 54 heavy (non-hydrogen) atoms. The molecule has 13 heteroatoms. The molecular weight excluding hydrogens is 692 g/mol. The number of nitrogens with zero attached hydrogens (tertiary/aromatic N) is 2. The number of aliphatic hydroxyl groups excluding tert-OH is 1. The number of hydrogen-bond acceptors (Lipinski definition) is 10. The zero-order valence-corrected chi connectivity index (χ0v) is 30.1. The Balaban J connectivity index is 1.50. The maximum Gasteiger partial charge on any atom is 0.411 e. The van der Waals surface area contributed by atoms with Crippen LogP contribution >= 0.6 is 0 Å². The molecule has 0 fully saturated rings. The molecule has 0 bridgehead atoms. The lowest BCUT2D eigenvalue weighted by Gasteiger charge is -2.36. The van der Waals surface area contributed by atoms with E-state index in [2.05, 4.69) is 10.6 Å². The number of rotatable bonds is 16. The zero-order chi connectivity index (χ0) is 38.5.